The van der Waals surface area contributed by atoms with E-state index >= 15 is 0 Å². The van der Waals surface area contributed by atoms with Crippen LogP contribution in [0.4, 0.5) is 5.69 Å². The van der Waals surface area contributed by atoms with Crippen LogP contribution in [-0.2, 0) is 17.9 Å². The van der Waals surface area contributed by atoms with E-state index in [0.717, 1.165) is 19.6 Å². The van der Waals surface area contributed by atoms with Gasteiger partial charge in [-0.3, -0.25) is 24.5 Å². The maximum Gasteiger partial charge on any atom is 0.312 e. The normalized spacial score (nSPS) is 15.2. The van der Waals surface area contributed by atoms with Gasteiger partial charge in [0.05, 0.1) is 4.92 Å². The third-order valence-electron chi connectivity index (χ3n) is 4.78. The minimum atomic E-state index is -0.443. The number of carbonyl (C=O) groups excluding carboxylic acids is 1. The first kappa shape index (κ1) is 18.1. The predicted octanol–water partition coefficient (Wildman–Crippen LogP) is 1.75. The van der Waals surface area contributed by atoms with E-state index in [9.17, 15) is 14.9 Å². The average Bonchev–Trinajstić information content (AvgIpc) is 2.90. The molecule has 0 saturated carbocycles. The van der Waals surface area contributed by atoms with Crippen LogP contribution in [0.2, 0.25) is 0 Å². The molecule has 2 heterocycles. The molecule has 1 saturated heterocycles. The van der Waals surface area contributed by atoms with Gasteiger partial charge in [-0.1, -0.05) is 30.3 Å². The zero-order valence-electron chi connectivity index (χ0n) is 15.1. The number of carbonyl (C=O) groups is 1. The fourth-order valence-electron chi connectivity index (χ4n) is 3.33. The van der Waals surface area contributed by atoms with E-state index in [2.05, 4.69) is 22.1 Å². The molecule has 0 atom stereocenters. The number of hydrogen-bond donors (Lipinski definition) is 0. The van der Waals surface area contributed by atoms with E-state index in [0.29, 0.717) is 24.5 Å². The highest BCUT2D eigenvalue weighted by molar-refractivity contribution is 5.76. The van der Waals surface area contributed by atoms with Crippen LogP contribution in [0.15, 0.2) is 30.3 Å². The molecule has 26 heavy (non-hydrogen) atoms. The number of piperazine rings is 1. The fourth-order valence-corrected chi connectivity index (χ4v) is 3.33. The summed E-state index contributed by atoms with van der Waals surface area (Å²) in [6.07, 6.45) is 0. The van der Waals surface area contributed by atoms with Gasteiger partial charge in [0.15, 0.2) is 0 Å². The molecule has 2 aromatic rings. The lowest BCUT2D eigenvalue weighted by molar-refractivity contribution is -0.386. The van der Waals surface area contributed by atoms with Crippen molar-refractivity contribution >= 4 is 11.6 Å². The Morgan fingerprint density at radius 3 is 2.38 bits per heavy atom. The second kappa shape index (κ2) is 7.65. The fraction of sp³-hybridized carbons (Fsp3) is 0.444. The minimum Gasteiger partial charge on any atom is -0.339 e. The van der Waals surface area contributed by atoms with Crippen LogP contribution in [0.1, 0.15) is 17.0 Å². The Balaban J connectivity index is 1.56. The Kier molecular flexibility index (Phi) is 5.32. The number of benzene rings is 1. The Morgan fingerprint density at radius 2 is 1.81 bits per heavy atom. The van der Waals surface area contributed by atoms with Crippen molar-refractivity contribution in [1.82, 2.24) is 19.6 Å². The molecule has 1 fully saturated rings. The average molecular weight is 357 g/mol. The summed E-state index contributed by atoms with van der Waals surface area (Å²) in [6.45, 7) is 7.10. The lowest BCUT2D eigenvalue weighted by Crippen LogP contribution is -2.49. The summed E-state index contributed by atoms with van der Waals surface area (Å²) in [6, 6.07) is 10.3. The third-order valence-corrected chi connectivity index (χ3v) is 4.78. The topological polar surface area (TPSA) is 84.5 Å². The first-order chi connectivity index (χ1) is 12.5. The summed E-state index contributed by atoms with van der Waals surface area (Å²) in [5, 5.41) is 15.2. The Bertz CT molecular complexity index is 795. The van der Waals surface area contributed by atoms with Gasteiger partial charge in [0.25, 0.3) is 0 Å². The number of rotatable bonds is 5. The van der Waals surface area contributed by atoms with E-state index in [-0.39, 0.29) is 18.1 Å². The van der Waals surface area contributed by atoms with Crippen molar-refractivity contribution < 1.29 is 9.72 Å². The van der Waals surface area contributed by atoms with Crippen molar-refractivity contribution in [3.63, 3.8) is 0 Å². The van der Waals surface area contributed by atoms with Crippen LogP contribution in [0.3, 0.4) is 0 Å². The second-order valence-electron chi connectivity index (χ2n) is 6.58. The zero-order chi connectivity index (χ0) is 18.7. The highest BCUT2D eigenvalue weighted by Gasteiger charge is 2.26. The first-order valence-corrected chi connectivity index (χ1v) is 8.68. The first-order valence-electron chi connectivity index (χ1n) is 8.68. The molecule has 1 aromatic carbocycles. The van der Waals surface area contributed by atoms with Gasteiger partial charge in [0.2, 0.25) is 5.91 Å². The minimum absolute atomic E-state index is 0.00881. The molecule has 1 aromatic heterocycles. The van der Waals surface area contributed by atoms with E-state index < -0.39 is 4.92 Å². The van der Waals surface area contributed by atoms with Gasteiger partial charge in [0.1, 0.15) is 17.9 Å². The van der Waals surface area contributed by atoms with Crippen molar-refractivity contribution in [2.45, 2.75) is 26.9 Å². The highest BCUT2D eigenvalue weighted by atomic mass is 16.6. The zero-order valence-corrected chi connectivity index (χ0v) is 15.1. The van der Waals surface area contributed by atoms with E-state index in [1.165, 1.54) is 10.2 Å². The standard InChI is InChI=1S/C18H23N5O3/c1-14-18(23(25)26)15(2)22(19-14)13-17(24)21-10-8-20(9-11-21)12-16-6-4-3-5-7-16/h3-7H,8-13H2,1-2H3. The number of hydrogen-bond acceptors (Lipinski definition) is 5. The Morgan fingerprint density at radius 1 is 1.15 bits per heavy atom. The number of nitro groups is 1. The molecule has 0 N–H and O–H groups in total. The summed E-state index contributed by atoms with van der Waals surface area (Å²) in [5.41, 5.74) is 2.02. The van der Waals surface area contributed by atoms with Gasteiger partial charge in [-0.2, -0.15) is 5.10 Å². The van der Waals surface area contributed by atoms with Gasteiger partial charge < -0.3 is 4.90 Å². The SMILES string of the molecule is Cc1nn(CC(=O)N2CCN(Cc3ccccc3)CC2)c(C)c1[N+](=O)[O-]. The van der Waals surface area contributed by atoms with E-state index in [4.69, 9.17) is 0 Å². The molecule has 1 aliphatic heterocycles. The molecule has 0 aliphatic carbocycles. The van der Waals surface area contributed by atoms with E-state index in [1.807, 2.05) is 23.1 Å². The lowest BCUT2D eigenvalue weighted by Gasteiger charge is -2.34. The number of aromatic nitrogens is 2. The maximum atomic E-state index is 12.6. The predicted molar refractivity (Wildman–Crippen MR) is 96.7 cm³/mol. The molecule has 1 amide bonds. The molecular formula is C18H23N5O3. The van der Waals surface area contributed by atoms with Crippen LogP contribution in [0, 0.1) is 24.0 Å². The van der Waals surface area contributed by atoms with Gasteiger partial charge in [-0.15, -0.1) is 0 Å². The van der Waals surface area contributed by atoms with Crippen LogP contribution in [-0.4, -0.2) is 56.6 Å². The van der Waals surface area contributed by atoms with Crippen molar-refractivity contribution in [2.75, 3.05) is 26.2 Å². The lowest BCUT2D eigenvalue weighted by atomic mass is 10.2. The smallest absolute Gasteiger partial charge is 0.312 e. The summed E-state index contributed by atoms with van der Waals surface area (Å²) >= 11 is 0. The van der Waals surface area contributed by atoms with Gasteiger partial charge in [0, 0.05) is 32.7 Å². The molecule has 8 heteroatoms. The van der Waals surface area contributed by atoms with Crippen LogP contribution >= 0.6 is 0 Å². The monoisotopic (exact) mass is 357 g/mol. The molecule has 0 radical (unpaired) electrons. The molecule has 138 valence electrons. The van der Waals surface area contributed by atoms with Crippen molar-refractivity contribution in [3.8, 4) is 0 Å². The van der Waals surface area contributed by atoms with Gasteiger partial charge in [-0.25, -0.2) is 0 Å². The van der Waals surface area contributed by atoms with Gasteiger partial charge in [-0.05, 0) is 19.4 Å². The van der Waals surface area contributed by atoms with Crippen molar-refractivity contribution in [3.05, 3.63) is 57.4 Å². The highest BCUT2D eigenvalue weighted by Crippen LogP contribution is 2.21. The summed E-state index contributed by atoms with van der Waals surface area (Å²) in [5.74, 6) is -0.0511. The number of nitrogens with zero attached hydrogens (tertiary/aromatic N) is 5. The van der Waals surface area contributed by atoms with Crippen molar-refractivity contribution in [2.24, 2.45) is 0 Å². The molecular weight excluding hydrogens is 334 g/mol. The maximum absolute atomic E-state index is 12.6. The summed E-state index contributed by atoms with van der Waals surface area (Å²) in [7, 11) is 0. The van der Waals surface area contributed by atoms with Crippen LogP contribution in [0.5, 0.6) is 0 Å². The summed E-state index contributed by atoms with van der Waals surface area (Å²) < 4.78 is 1.44. The molecule has 8 nitrogen and oxygen atoms in total. The Hall–Kier alpha value is -2.74. The largest absolute Gasteiger partial charge is 0.339 e. The van der Waals surface area contributed by atoms with E-state index in [1.54, 1.807) is 13.8 Å². The third kappa shape index (κ3) is 3.91. The number of aryl methyl sites for hydroxylation is 1. The number of amides is 1. The quantitative estimate of drug-likeness (QED) is 0.601. The summed E-state index contributed by atoms with van der Waals surface area (Å²) in [4.78, 5) is 27.3. The molecule has 0 spiro atoms. The van der Waals surface area contributed by atoms with Crippen LogP contribution < -0.4 is 0 Å². The molecule has 1 aliphatic rings. The second-order valence-corrected chi connectivity index (χ2v) is 6.58. The Labute approximate surface area is 152 Å². The molecule has 0 unspecified atom stereocenters. The molecule has 3 rings (SSSR count). The van der Waals surface area contributed by atoms with Crippen molar-refractivity contribution in [1.29, 1.82) is 0 Å². The van der Waals surface area contributed by atoms with Gasteiger partial charge >= 0.3 is 5.69 Å². The van der Waals surface area contributed by atoms with Crippen LogP contribution in [0.25, 0.3) is 0 Å². The molecule has 0 bridgehead atoms.